The number of nitrogens with two attached hydrogens (primary N) is 1. The Morgan fingerprint density at radius 2 is 1.95 bits per heavy atom. The van der Waals surface area contributed by atoms with Gasteiger partial charge in [-0.1, -0.05) is 44.9 Å². The smallest absolute Gasteiger partial charge is 0.234 e. The van der Waals surface area contributed by atoms with Gasteiger partial charge in [0.05, 0.1) is 0 Å². The SMILES string of the molecule is CC(C)(C)c1nnc2sc(C3(CN)CCCC3)nn12. The minimum atomic E-state index is -0.0453. The van der Waals surface area contributed by atoms with Gasteiger partial charge in [-0.2, -0.15) is 9.61 Å². The number of aromatic nitrogens is 4. The molecule has 0 bridgehead atoms. The monoisotopic (exact) mass is 279 g/mol. The topological polar surface area (TPSA) is 69.1 Å². The maximum atomic E-state index is 6.04. The molecule has 104 valence electrons. The average molecular weight is 279 g/mol. The van der Waals surface area contributed by atoms with Crippen LogP contribution in [-0.4, -0.2) is 26.4 Å². The van der Waals surface area contributed by atoms with E-state index in [4.69, 9.17) is 10.8 Å². The summed E-state index contributed by atoms with van der Waals surface area (Å²) in [6, 6.07) is 0. The van der Waals surface area contributed by atoms with Gasteiger partial charge in [-0.3, -0.25) is 0 Å². The molecule has 0 amide bonds. The number of hydrogen-bond donors (Lipinski definition) is 1. The maximum Gasteiger partial charge on any atom is 0.234 e. The Hall–Kier alpha value is -1.01. The molecule has 2 N–H and O–H groups in total. The normalized spacial score (nSPS) is 19.4. The van der Waals surface area contributed by atoms with Crippen molar-refractivity contribution < 1.29 is 0 Å². The molecule has 0 aliphatic heterocycles. The first-order valence-corrected chi connectivity index (χ1v) is 7.71. The Labute approximate surface area is 117 Å². The number of fused-ring (bicyclic) bond motifs is 1. The fourth-order valence-electron chi connectivity index (χ4n) is 2.86. The minimum absolute atomic E-state index is 0.0453. The zero-order chi connectivity index (χ0) is 13.7. The van der Waals surface area contributed by atoms with Crippen LogP contribution >= 0.6 is 11.3 Å². The van der Waals surface area contributed by atoms with Crippen molar-refractivity contribution in [3.8, 4) is 0 Å². The second kappa shape index (κ2) is 4.24. The van der Waals surface area contributed by atoms with Gasteiger partial charge in [0.25, 0.3) is 0 Å². The highest BCUT2D eigenvalue weighted by Gasteiger charge is 2.38. The van der Waals surface area contributed by atoms with E-state index in [9.17, 15) is 0 Å². The first kappa shape index (κ1) is 13.0. The zero-order valence-corrected chi connectivity index (χ0v) is 12.6. The van der Waals surface area contributed by atoms with E-state index in [1.807, 2.05) is 4.52 Å². The van der Waals surface area contributed by atoms with Gasteiger partial charge in [0.1, 0.15) is 5.01 Å². The minimum Gasteiger partial charge on any atom is -0.329 e. The molecular weight excluding hydrogens is 258 g/mol. The van der Waals surface area contributed by atoms with Crippen molar-refractivity contribution in [2.24, 2.45) is 5.73 Å². The lowest BCUT2D eigenvalue weighted by molar-refractivity contribution is 0.441. The molecule has 0 atom stereocenters. The molecule has 0 radical (unpaired) electrons. The molecule has 19 heavy (non-hydrogen) atoms. The van der Waals surface area contributed by atoms with Crippen LogP contribution < -0.4 is 5.73 Å². The highest BCUT2D eigenvalue weighted by molar-refractivity contribution is 7.16. The molecule has 1 aliphatic rings. The molecule has 6 heteroatoms. The van der Waals surface area contributed by atoms with Crippen LogP contribution in [0.1, 0.15) is 57.3 Å². The Kier molecular flexibility index (Phi) is 2.90. The highest BCUT2D eigenvalue weighted by Crippen LogP contribution is 2.42. The second-order valence-electron chi connectivity index (χ2n) is 6.57. The van der Waals surface area contributed by atoms with Crippen molar-refractivity contribution in [3.05, 3.63) is 10.8 Å². The lowest BCUT2D eigenvalue weighted by Gasteiger charge is -2.23. The third kappa shape index (κ3) is 1.97. The molecule has 0 unspecified atom stereocenters. The average Bonchev–Trinajstić information content (AvgIpc) is 3.01. The predicted octanol–water partition coefficient (Wildman–Crippen LogP) is 2.25. The molecule has 1 saturated carbocycles. The van der Waals surface area contributed by atoms with Gasteiger partial charge in [0, 0.05) is 17.4 Å². The summed E-state index contributed by atoms with van der Waals surface area (Å²) in [6.45, 7) is 7.09. The Balaban J connectivity index is 2.10. The van der Waals surface area contributed by atoms with E-state index in [2.05, 4.69) is 31.0 Å². The standard InChI is InChI=1S/C13H21N5S/c1-12(2,3)9-15-16-11-18(9)17-10(19-11)13(8-14)6-4-5-7-13/h4-8,14H2,1-3H3. The Morgan fingerprint density at radius 1 is 1.26 bits per heavy atom. The van der Waals surface area contributed by atoms with Gasteiger partial charge < -0.3 is 5.73 Å². The van der Waals surface area contributed by atoms with Crippen LogP contribution in [0.2, 0.25) is 0 Å². The number of hydrogen-bond acceptors (Lipinski definition) is 5. The molecule has 0 aromatic carbocycles. The molecule has 1 fully saturated rings. The Bertz CT molecular complexity index is 586. The van der Waals surface area contributed by atoms with Gasteiger partial charge in [-0.05, 0) is 12.8 Å². The van der Waals surface area contributed by atoms with Crippen molar-refractivity contribution in [2.45, 2.75) is 57.3 Å². The van der Waals surface area contributed by atoms with Crippen LogP contribution in [0.4, 0.5) is 0 Å². The zero-order valence-electron chi connectivity index (χ0n) is 11.8. The summed E-state index contributed by atoms with van der Waals surface area (Å²) < 4.78 is 1.91. The van der Waals surface area contributed by atoms with Gasteiger partial charge >= 0.3 is 0 Å². The van der Waals surface area contributed by atoms with Crippen molar-refractivity contribution in [1.82, 2.24) is 19.8 Å². The van der Waals surface area contributed by atoms with E-state index >= 15 is 0 Å². The van der Waals surface area contributed by atoms with Gasteiger partial charge in [-0.25, -0.2) is 0 Å². The van der Waals surface area contributed by atoms with Crippen molar-refractivity contribution in [1.29, 1.82) is 0 Å². The molecular formula is C13H21N5S. The van der Waals surface area contributed by atoms with Crippen LogP contribution in [0.15, 0.2) is 0 Å². The van der Waals surface area contributed by atoms with E-state index < -0.39 is 0 Å². The first-order chi connectivity index (χ1) is 8.96. The van der Waals surface area contributed by atoms with E-state index in [1.165, 1.54) is 12.8 Å². The molecule has 2 aromatic heterocycles. The highest BCUT2D eigenvalue weighted by atomic mass is 32.1. The predicted molar refractivity (Wildman–Crippen MR) is 76.6 cm³/mol. The Morgan fingerprint density at radius 3 is 2.53 bits per heavy atom. The number of nitrogens with zero attached hydrogens (tertiary/aromatic N) is 4. The summed E-state index contributed by atoms with van der Waals surface area (Å²) in [4.78, 5) is 0.889. The van der Waals surface area contributed by atoms with E-state index in [0.29, 0.717) is 6.54 Å². The summed E-state index contributed by atoms with van der Waals surface area (Å²) in [7, 11) is 0. The molecule has 0 saturated heterocycles. The van der Waals surface area contributed by atoms with E-state index in [0.717, 1.165) is 28.6 Å². The summed E-state index contributed by atoms with van der Waals surface area (Å²) in [5.74, 6) is 0.926. The maximum absolute atomic E-state index is 6.04. The third-order valence-corrected chi connectivity index (χ3v) is 5.21. The van der Waals surface area contributed by atoms with Gasteiger partial charge in [0.2, 0.25) is 4.96 Å². The van der Waals surface area contributed by atoms with E-state index in [1.54, 1.807) is 11.3 Å². The summed E-state index contributed by atoms with van der Waals surface area (Å²) in [5.41, 5.74) is 6.08. The summed E-state index contributed by atoms with van der Waals surface area (Å²) >= 11 is 1.65. The fourth-order valence-corrected chi connectivity index (χ4v) is 3.95. The lowest BCUT2D eigenvalue weighted by Crippen LogP contribution is -2.32. The second-order valence-corrected chi connectivity index (χ2v) is 7.52. The van der Waals surface area contributed by atoms with E-state index in [-0.39, 0.29) is 10.8 Å². The van der Waals surface area contributed by atoms with Crippen LogP contribution in [0.5, 0.6) is 0 Å². The van der Waals surface area contributed by atoms with Crippen LogP contribution in [0.25, 0.3) is 4.96 Å². The summed E-state index contributed by atoms with van der Waals surface area (Å²) in [6.07, 6.45) is 4.81. The van der Waals surface area contributed by atoms with Crippen LogP contribution in [0.3, 0.4) is 0 Å². The van der Waals surface area contributed by atoms with Crippen LogP contribution in [0, 0.1) is 0 Å². The van der Waals surface area contributed by atoms with Crippen molar-refractivity contribution >= 4 is 16.3 Å². The molecule has 5 nitrogen and oxygen atoms in total. The fraction of sp³-hybridized carbons (Fsp3) is 0.769. The van der Waals surface area contributed by atoms with Gasteiger partial charge in [0.15, 0.2) is 5.82 Å². The quantitative estimate of drug-likeness (QED) is 0.915. The van der Waals surface area contributed by atoms with Gasteiger partial charge in [-0.15, -0.1) is 10.2 Å². The largest absolute Gasteiger partial charge is 0.329 e. The molecule has 0 spiro atoms. The molecule has 2 aromatic rings. The van der Waals surface area contributed by atoms with Crippen molar-refractivity contribution in [3.63, 3.8) is 0 Å². The lowest BCUT2D eigenvalue weighted by atomic mass is 9.87. The number of rotatable bonds is 2. The van der Waals surface area contributed by atoms with Crippen LogP contribution in [-0.2, 0) is 10.8 Å². The first-order valence-electron chi connectivity index (χ1n) is 6.90. The summed E-state index contributed by atoms with van der Waals surface area (Å²) in [5, 5.41) is 14.5. The molecule has 1 aliphatic carbocycles. The third-order valence-electron chi connectivity index (χ3n) is 4.07. The van der Waals surface area contributed by atoms with Crippen molar-refractivity contribution in [2.75, 3.05) is 6.54 Å². The molecule has 2 heterocycles. The molecule has 3 rings (SSSR count).